The van der Waals surface area contributed by atoms with Crippen molar-refractivity contribution in [1.29, 1.82) is 0 Å². The number of aromatic nitrogens is 3. The van der Waals surface area contributed by atoms with Crippen molar-refractivity contribution >= 4 is 27.7 Å². The molecule has 148 valence electrons. The summed E-state index contributed by atoms with van der Waals surface area (Å²) in [7, 11) is 0. The van der Waals surface area contributed by atoms with Crippen molar-refractivity contribution in [2.45, 2.75) is 13.3 Å². The van der Waals surface area contributed by atoms with E-state index in [-0.39, 0.29) is 11.5 Å². The smallest absolute Gasteiger partial charge is 0.280 e. The van der Waals surface area contributed by atoms with Gasteiger partial charge in [0.05, 0.1) is 22.1 Å². The number of nitrogens with one attached hydrogen (secondary N) is 2. The highest BCUT2D eigenvalue weighted by Crippen LogP contribution is 2.22. The standard InChI is InChI=1S/C22H22N4O3/c1-2-29-12-6-11-23-21(27)15-9-10-19-17(13-15)20-18(14-24-19)22(28)26(25-20)16-7-4-3-5-8-16/h3-5,7-10,13-14,25H,2,6,11-12H2,1H3,(H,23,27). The third-order valence-electron chi connectivity index (χ3n) is 4.76. The summed E-state index contributed by atoms with van der Waals surface area (Å²) in [6, 6.07) is 14.7. The van der Waals surface area contributed by atoms with Crippen molar-refractivity contribution in [3.63, 3.8) is 0 Å². The molecule has 0 aliphatic carbocycles. The van der Waals surface area contributed by atoms with E-state index >= 15 is 0 Å². The van der Waals surface area contributed by atoms with Crippen molar-refractivity contribution in [2.75, 3.05) is 19.8 Å². The minimum absolute atomic E-state index is 0.162. The van der Waals surface area contributed by atoms with E-state index < -0.39 is 0 Å². The number of ether oxygens (including phenoxy) is 1. The van der Waals surface area contributed by atoms with E-state index in [1.165, 1.54) is 4.68 Å². The van der Waals surface area contributed by atoms with E-state index in [0.29, 0.717) is 41.7 Å². The Kier molecular flexibility index (Phi) is 5.39. The molecule has 0 saturated carbocycles. The van der Waals surface area contributed by atoms with Crippen LogP contribution in [0.15, 0.2) is 59.5 Å². The van der Waals surface area contributed by atoms with Crippen LogP contribution in [0.2, 0.25) is 0 Å². The molecular weight excluding hydrogens is 368 g/mol. The molecule has 0 spiro atoms. The summed E-state index contributed by atoms with van der Waals surface area (Å²) in [5.74, 6) is -0.162. The topological polar surface area (TPSA) is 89.0 Å². The van der Waals surface area contributed by atoms with E-state index in [2.05, 4.69) is 15.4 Å². The zero-order chi connectivity index (χ0) is 20.2. The monoisotopic (exact) mass is 390 g/mol. The van der Waals surface area contributed by atoms with E-state index in [1.807, 2.05) is 37.3 Å². The molecule has 7 heteroatoms. The van der Waals surface area contributed by atoms with Gasteiger partial charge in [0.2, 0.25) is 0 Å². The maximum absolute atomic E-state index is 12.8. The molecule has 0 fully saturated rings. The molecule has 0 saturated heterocycles. The molecule has 0 unspecified atom stereocenters. The number of hydrogen-bond acceptors (Lipinski definition) is 4. The number of amides is 1. The van der Waals surface area contributed by atoms with Gasteiger partial charge >= 0.3 is 0 Å². The highest BCUT2D eigenvalue weighted by molar-refractivity contribution is 6.06. The van der Waals surface area contributed by atoms with Crippen molar-refractivity contribution in [2.24, 2.45) is 0 Å². The second kappa shape index (κ2) is 8.28. The van der Waals surface area contributed by atoms with Crippen LogP contribution in [0.5, 0.6) is 0 Å². The molecule has 2 aromatic heterocycles. The Hall–Kier alpha value is -3.45. The molecule has 2 N–H and O–H groups in total. The van der Waals surface area contributed by atoms with Gasteiger partial charge in [-0.15, -0.1) is 0 Å². The molecule has 4 rings (SSSR count). The predicted octanol–water partition coefficient (Wildman–Crippen LogP) is 3.02. The average Bonchev–Trinajstić information content (AvgIpc) is 3.10. The van der Waals surface area contributed by atoms with Crippen LogP contribution in [0, 0.1) is 0 Å². The molecule has 0 aliphatic rings. The first-order chi connectivity index (χ1) is 14.2. The number of para-hydroxylation sites is 1. The fourth-order valence-corrected chi connectivity index (χ4v) is 3.28. The Morgan fingerprint density at radius 3 is 2.79 bits per heavy atom. The molecule has 29 heavy (non-hydrogen) atoms. The summed E-state index contributed by atoms with van der Waals surface area (Å²) in [6.45, 7) is 3.77. The number of fused-ring (bicyclic) bond motifs is 3. The quantitative estimate of drug-likeness (QED) is 0.475. The molecule has 0 atom stereocenters. The van der Waals surface area contributed by atoms with Gasteiger partial charge in [-0.3, -0.25) is 19.7 Å². The van der Waals surface area contributed by atoms with Crippen molar-refractivity contribution < 1.29 is 9.53 Å². The average molecular weight is 390 g/mol. The molecule has 0 radical (unpaired) electrons. The lowest BCUT2D eigenvalue weighted by molar-refractivity contribution is 0.0944. The summed E-state index contributed by atoms with van der Waals surface area (Å²) < 4.78 is 6.77. The number of rotatable bonds is 7. The van der Waals surface area contributed by atoms with E-state index in [0.717, 1.165) is 17.5 Å². The zero-order valence-electron chi connectivity index (χ0n) is 16.1. The van der Waals surface area contributed by atoms with Crippen LogP contribution in [0.1, 0.15) is 23.7 Å². The largest absolute Gasteiger partial charge is 0.382 e. The number of carbonyl (C=O) groups excluding carboxylic acids is 1. The van der Waals surface area contributed by atoms with E-state index in [4.69, 9.17) is 4.74 Å². The Morgan fingerprint density at radius 2 is 2.00 bits per heavy atom. The molecular formula is C22H22N4O3. The predicted molar refractivity (Wildman–Crippen MR) is 113 cm³/mol. The fraction of sp³-hybridized carbons (Fsp3) is 0.227. The first kappa shape index (κ1) is 18.9. The molecule has 2 heterocycles. The van der Waals surface area contributed by atoms with Crippen LogP contribution in [-0.4, -0.2) is 40.4 Å². The number of hydrogen-bond donors (Lipinski definition) is 2. The summed E-state index contributed by atoms with van der Waals surface area (Å²) in [4.78, 5) is 29.7. The van der Waals surface area contributed by atoms with Crippen LogP contribution < -0.4 is 10.9 Å². The van der Waals surface area contributed by atoms with Gasteiger partial charge in [-0.25, -0.2) is 4.68 Å². The second-order valence-electron chi connectivity index (χ2n) is 6.67. The molecule has 0 aliphatic heterocycles. The molecule has 4 aromatic rings. The second-order valence-corrected chi connectivity index (χ2v) is 6.67. The van der Waals surface area contributed by atoms with Crippen molar-refractivity contribution in [3.8, 4) is 5.69 Å². The van der Waals surface area contributed by atoms with Crippen molar-refractivity contribution in [1.82, 2.24) is 20.1 Å². The lowest BCUT2D eigenvalue weighted by Crippen LogP contribution is -2.25. The first-order valence-corrected chi connectivity index (χ1v) is 9.64. The van der Waals surface area contributed by atoms with Crippen LogP contribution in [0.3, 0.4) is 0 Å². The first-order valence-electron chi connectivity index (χ1n) is 9.64. The molecule has 2 aromatic carbocycles. The summed E-state index contributed by atoms with van der Waals surface area (Å²) in [5.41, 5.74) is 2.47. The minimum Gasteiger partial charge on any atom is -0.382 e. The van der Waals surface area contributed by atoms with E-state index in [9.17, 15) is 9.59 Å². The Morgan fingerprint density at radius 1 is 1.17 bits per heavy atom. The van der Waals surface area contributed by atoms with E-state index in [1.54, 1.807) is 24.4 Å². The van der Waals surface area contributed by atoms with Crippen LogP contribution in [0.25, 0.3) is 27.5 Å². The highest BCUT2D eigenvalue weighted by atomic mass is 16.5. The Bertz CT molecular complexity index is 1210. The third-order valence-corrected chi connectivity index (χ3v) is 4.76. The van der Waals surface area contributed by atoms with Gasteiger partial charge in [0, 0.05) is 36.9 Å². The number of H-pyrrole nitrogens is 1. The molecule has 0 bridgehead atoms. The van der Waals surface area contributed by atoms with Gasteiger partial charge in [0.15, 0.2) is 0 Å². The minimum atomic E-state index is -0.175. The number of pyridine rings is 1. The highest BCUT2D eigenvalue weighted by Gasteiger charge is 2.14. The van der Waals surface area contributed by atoms with Gasteiger partial charge in [0.25, 0.3) is 11.5 Å². The normalized spacial score (nSPS) is 11.2. The van der Waals surface area contributed by atoms with Crippen molar-refractivity contribution in [3.05, 3.63) is 70.6 Å². The van der Waals surface area contributed by atoms with Gasteiger partial charge < -0.3 is 10.1 Å². The lowest BCUT2D eigenvalue weighted by atomic mass is 10.1. The molecule has 7 nitrogen and oxygen atoms in total. The number of aromatic amines is 1. The Balaban J connectivity index is 1.69. The van der Waals surface area contributed by atoms with Gasteiger partial charge in [0.1, 0.15) is 0 Å². The summed E-state index contributed by atoms with van der Waals surface area (Å²) in [5, 5.41) is 7.28. The van der Waals surface area contributed by atoms with Gasteiger partial charge in [-0.05, 0) is 43.7 Å². The maximum atomic E-state index is 12.8. The fourth-order valence-electron chi connectivity index (χ4n) is 3.28. The van der Waals surface area contributed by atoms with Gasteiger partial charge in [-0.1, -0.05) is 18.2 Å². The SMILES string of the molecule is CCOCCCNC(=O)c1ccc2ncc3c(=O)n(-c4ccccc4)[nH]c3c2c1. The number of nitrogens with zero attached hydrogens (tertiary/aromatic N) is 2. The number of carbonyl (C=O) groups is 1. The number of benzene rings is 2. The molecule has 1 amide bonds. The third kappa shape index (κ3) is 3.77. The summed E-state index contributed by atoms with van der Waals surface area (Å²) >= 11 is 0. The maximum Gasteiger partial charge on any atom is 0.280 e. The summed E-state index contributed by atoms with van der Waals surface area (Å²) in [6.07, 6.45) is 2.33. The lowest BCUT2D eigenvalue weighted by Gasteiger charge is -2.07. The van der Waals surface area contributed by atoms with Gasteiger partial charge in [-0.2, -0.15) is 0 Å². The van der Waals surface area contributed by atoms with Crippen LogP contribution in [-0.2, 0) is 4.74 Å². The Labute approximate surface area is 167 Å². The zero-order valence-corrected chi connectivity index (χ0v) is 16.1. The van der Waals surface area contributed by atoms with Crippen LogP contribution >= 0.6 is 0 Å². The van der Waals surface area contributed by atoms with Crippen LogP contribution in [0.4, 0.5) is 0 Å².